The van der Waals surface area contributed by atoms with Crippen molar-refractivity contribution in [1.29, 1.82) is 5.26 Å². The van der Waals surface area contributed by atoms with Crippen LogP contribution in [0.2, 0.25) is 0 Å². The van der Waals surface area contributed by atoms with E-state index < -0.39 is 11.8 Å². The first-order chi connectivity index (χ1) is 16.7. The number of nitrogens with one attached hydrogen (secondary N) is 1. The molecule has 1 unspecified atom stereocenters. The van der Waals surface area contributed by atoms with Crippen molar-refractivity contribution >= 4 is 11.7 Å². The molecule has 0 radical (unpaired) electrons. The number of hydrogen-bond donors (Lipinski definition) is 2. The number of carbonyl (C=O) groups is 2. The quantitative estimate of drug-likeness (QED) is 0.677. The molecule has 1 aliphatic carbocycles. The zero-order chi connectivity index (χ0) is 25.3. The zero-order valence-electron chi connectivity index (χ0n) is 20.1. The van der Waals surface area contributed by atoms with Crippen molar-refractivity contribution < 1.29 is 19.1 Å². The number of ketones is 1. The fourth-order valence-corrected chi connectivity index (χ4v) is 4.68. The van der Waals surface area contributed by atoms with Gasteiger partial charge in [-0.1, -0.05) is 13.8 Å². The van der Waals surface area contributed by atoms with Gasteiger partial charge in [0, 0.05) is 35.5 Å². The number of hydrazine groups is 1. The molecule has 35 heavy (non-hydrogen) atoms. The summed E-state index contributed by atoms with van der Waals surface area (Å²) in [7, 11) is 3.06. The molecular formula is C26H27N5O4. The van der Waals surface area contributed by atoms with E-state index in [4.69, 9.17) is 15.2 Å². The largest absolute Gasteiger partial charge is 0.497 e. The molecule has 2 aromatic rings. The molecule has 1 aromatic carbocycles. The van der Waals surface area contributed by atoms with Gasteiger partial charge >= 0.3 is 0 Å². The predicted octanol–water partition coefficient (Wildman–Crippen LogP) is 3.18. The Kier molecular flexibility index (Phi) is 6.22. The van der Waals surface area contributed by atoms with E-state index in [-0.39, 0.29) is 22.6 Å². The third-order valence-electron chi connectivity index (χ3n) is 6.28. The van der Waals surface area contributed by atoms with Crippen molar-refractivity contribution in [3.05, 3.63) is 76.5 Å². The van der Waals surface area contributed by atoms with Crippen molar-refractivity contribution in [2.45, 2.75) is 32.6 Å². The Bertz CT molecular complexity index is 1290. The van der Waals surface area contributed by atoms with Crippen LogP contribution in [0.15, 0.2) is 65.4 Å². The van der Waals surface area contributed by atoms with E-state index in [0.29, 0.717) is 46.7 Å². The molecule has 0 fully saturated rings. The third kappa shape index (κ3) is 4.30. The Labute approximate surface area is 203 Å². The first-order valence-corrected chi connectivity index (χ1v) is 11.1. The van der Waals surface area contributed by atoms with Gasteiger partial charge in [-0.3, -0.25) is 20.0 Å². The first kappa shape index (κ1) is 23.8. The van der Waals surface area contributed by atoms with Crippen LogP contribution in [0.25, 0.3) is 0 Å². The number of Topliss-reactive ketones (excluding diaryl/α,β-unsaturated/α-hetero) is 1. The molecular weight excluding hydrogens is 446 g/mol. The molecule has 0 saturated heterocycles. The second-order valence-electron chi connectivity index (χ2n) is 9.27. The maximum absolute atomic E-state index is 13.6. The van der Waals surface area contributed by atoms with Gasteiger partial charge in [0.2, 0.25) is 0 Å². The third-order valence-corrected chi connectivity index (χ3v) is 6.28. The number of nitrogens with two attached hydrogens (primary N) is 1. The van der Waals surface area contributed by atoms with E-state index in [2.05, 4.69) is 16.5 Å². The lowest BCUT2D eigenvalue weighted by molar-refractivity contribution is -0.118. The maximum Gasteiger partial charge on any atom is 0.270 e. The number of carbonyl (C=O) groups excluding carboxylic acids is 2. The fraction of sp³-hybridized carbons (Fsp3) is 0.308. The van der Waals surface area contributed by atoms with Crippen LogP contribution in [-0.2, 0) is 4.79 Å². The van der Waals surface area contributed by atoms with Gasteiger partial charge in [-0.25, -0.2) is 5.01 Å². The van der Waals surface area contributed by atoms with Gasteiger partial charge < -0.3 is 15.2 Å². The van der Waals surface area contributed by atoms with Gasteiger partial charge in [0.25, 0.3) is 5.91 Å². The number of amides is 1. The van der Waals surface area contributed by atoms with Crippen LogP contribution >= 0.6 is 0 Å². The second kappa shape index (κ2) is 9.14. The molecule has 0 spiro atoms. The van der Waals surface area contributed by atoms with Crippen LogP contribution in [0.1, 0.15) is 48.5 Å². The van der Waals surface area contributed by atoms with E-state index in [9.17, 15) is 14.9 Å². The number of methoxy groups -OCH3 is 2. The van der Waals surface area contributed by atoms with E-state index >= 15 is 0 Å². The average molecular weight is 474 g/mol. The molecule has 1 aromatic heterocycles. The molecule has 2 aliphatic rings. The number of nitrogens with zero attached hydrogens (tertiary/aromatic N) is 3. The summed E-state index contributed by atoms with van der Waals surface area (Å²) in [5, 5.41) is 11.6. The number of nitriles is 1. The van der Waals surface area contributed by atoms with E-state index in [0.717, 1.165) is 0 Å². The number of hydrogen-bond acceptors (Lipinski definition) is 8. The molecule has 0 bridgehead atoms. The molecule has 2 heterocycles. The van der Waals surface area contributed by atoms with Gasteiger partial charge in [-0.2, -0.15) is 5.26 Å². The van der Waals surface area contributed by atoms with E-state index in [1.807, 2.05) is 13.8 Å². The van der Waals surface area contributed by atoms with Crippen LogP contribution < -0.4 is 20.6 Å². The summed E-state index contributed by atoms with van der Waals surface area (Å²) in [6.07, 6.45) is 3.77. The highest BCUT2D eigenvalue weighted by Gasteiger charge is 2.45. The fourth-order valence-electron chi connectivity index (χ4n) is 4.68. The minimum Gasteiger partial charge on any atom is -0.497 e. The SMILES string of the molecule is COc1ccc(OC)c(C2C(C#N)=C(N)N(NC(=O)c3ccncc3)C3=C2C(=O)CC(C)(C)C3)c1. The number of benzene rings is 1. The smallest absolute Gasteiger partial charge is 0.270 e. The van der Waals surface area contributed by atoms with Crippen LogP contribution in [-0.4, -0.2) is 35.9 Å². The Morgan fingerprint density at radius 3 is 2.54 bits per heavy atom. The van der Waals surface area contributed by atoms with Gasteiger partial charge in [-0.15, -0.1) is 0 Å². The standard InChI is InChI=1S/C26H27N5O4/c1-26(2)12-19-23(20(32)13-26)22(17-11-16(34-3)5-6-21(17)35-4)18(14-27)24(28)31(19)30-25(33)15-7-9-29-10-8-15/h5-11,22H,12-13,28H2,1-4H3,(H,30,33). The van der Waals surface area contributed by atoms with Crippen molar-refractivity contribution in [2.24, 2.45) is 11.1 Å². The Morgan fingerprint density at radius 1 is 1.20 bits per heavy atom. The zero-order valence-corrected chi connectivity index (χ0v) is 20.1. The summed E-state index contributed by atoms with van der Waals surface area (Å²) in [6, 6.07) is 10.5. The highest BCUT2D eigenvalue weighted by Crippen LogP contribution is 2.50. The maximum atomic E-state index is 13.6. The molecule has 1 amide bonds. The molecule has 4 rings (SSSR count). The topological polar surface area (TPSA) is 131 Å². The van der Waals surface area contributed by atoms with Crippen LogP contribution in [0.3, 0.4) is 0 Å². The van der Waals surface area contributed by atoms with Crippen LogP contribution in [0.4, 0.5) is 0 Å². The van der Waals surface area contributed by atoms with Crippen LogP contribution in [0, 0.1) is 16.7 Å². The Hall–Kier alpha value is -4.32. The molecule has 1 atom stereocenters. The normalized spacial score (nSPS) is 19.1. The van der Waals surface area contributed by atoms with Crippen molar-refractivity contribution in [2.75, 3.05) is 14.2 Å². The second-order valence-corrected chi connectivity index (χ2v) is 9.27. The van der Waals surface area contributed by atoms with Gasteiger partial charge in [0.05, 0.1) is 37.5 Å². The number of ether oxygens (including phenoxy) is 2. The van der Waals surface area contributed by atoms with Crippen molar-refractivity contribution in [1.82, 2.24) is 15.4 Å². The van der Waals surface area contributed by atoms with Crippen LogP contribution in [0.5, 0.6) is 11.5 Å². The molecule has 9 nitrogen and oxygen atoms in total. The van der Waals surface area contributed by atoms with E-state index in [1.54, 1.807) is 30.3 Å². The van der Waals surface area contributed by atoms with E-state index in [1.165, 1.54) is 31.6 Å². The Morgan fingerprint density at radius 2 is 1.91 bits per heavy atom. The minimum absolute atomic E-state index is 0.0500. The van der Waals surface area contributed by atoms with Gasteiger partial charge in [0.1, 0.15) is 17.3 Å². The highest BCUT2D eigenvalue weighted by molar-refractivity contribution is 6.01. The molecule has 9 heteroatoms. The predicted molar refractivity (Wildman–Crippen MR) is 128 cm³/mol. The summed E-state index contributed by atoms with van der Waals surface area (Å²) < 4.78 is 11.0. The monoisotopic (exact) mass is 473 g/mol. The summed E-state index contributed by atoms with van der Waals surface area (Å²) in [5.74, 6) is -0.222. The molecule has 0 saturated carbocycles. The van der Waals surface area contributed by atoms with Crippen molar-refractivity contribution in [3.8, 4) is 17.6 Å². The lowest BCUT2D eigenvalue weighted by Crippen LogP contribution is -2.49. The van der Waals surface area contributed by atoms with Gasteiger partial charge in [0.15, 0.2) is 5.78 Å². The first-order valence-electron chi connectivity index (χ1n) is 11.1. The number of rotatable bonds is 5. The molecule has 180 valence electrons. The minimum atomic E-state index is -0.766. The van der Waals surface area contributed by atoms with Crippen molar-refractivity contribution in [3.63, 3.8) is 0 Å². The average Bonchev–Trinajstić information content (AvgIpc) is 2.84. The number of allylic oxidation sites excluding steroid dienone is 3. The number of aromatic nitrogens is 1. The van der Waals surface area contributed by atoms with Gasteiger partial charge in [-0.05, 0) is 42.2 Å². The summed E-state index contributed by atoms with van der Waals surface area (Å²) >= 11 is 0. The Balaban J connectivity index is 1.92. The summed E-state index contributed by atoms with van der Waals surface area (Å²) in [6.45, 7) is 3.97. The molecule has 1 aliphatic heterocycles. The number of pyridine rings is 1. The lowest BCUT2D eigenvalue weighted by Gasteiger charge is -2.43. The highest BCUT2D eigenvalue weighted by atomic mass is 16.5. The summed E-state index contributed by atoms with van der Waals surface area (Å²) in [4.78, 5) is 30.6. The summed E-state index contributed by atoms with van der Waals surface area (Å²) in [5.41, 5.74) is 11.0. The molecule has 3 N–H and O–H groups in total. The lowest BCUT2D eigenvalue weighted by atomic mass is 9.69.